The van der Waals surface area contributed by atoms with Crippen molar-refractivity contribution < 1.29 is 14.7 Å². The Morgan fingerprint density at radius 2 is 1.90 bits per heavy atom. The predicted octanol–water partition coefficient (Wildman–Crippen LogP) is 1.37. The van der Waals surface area contributed by atoms with Crippen LogP contribution in [0.4, 0.5) is 4.79 Å². The Labute approximate surface area is 126 Å². The SMILES string of the molecule is CC(C)(C)[C@H](NC(=O)N1CCN2CCCCC2C1)C(=O)O. The van der Waals surface area contributed by atoms with Crippen LogP contribution in [0.15, 0.2) is 0 Å². The molecule has 2 rings (SSSR count). The van der Waals surface area contributed by atoms with Gasteiger partial charge in [-0.05, 0) is 24.8 Å². The van der Waals surface area contributed by atoms with Crippen LogP contribution in [0.5, 0.6) is 0 Å². The lowest BCUT2D eigenvalue weighted by Gasteiger charge is -2.44. The van der Waals surface area contributed by atoms with Crippen LogP contribution in [0.1, 0.15) is 40.0 Å². The number of carbonyl (C=O) groups is 2. The molecule has 2 amide bonds. The first-order valence-corrected chi connectivity index (χ1v) is 7.81. The summed E-state index contributed by atoms with van der Waals surface area (Å²) >= 11 is 0. The van der Waals surface area contributed by atoms with E-state index in [4.69, 9.17) is 0 Å². The monoisotopic (exact) mass is 297 g/mol. The molecule has 0 spiro atoms. The smallest absolute Gasteiger partial charge is 0.326 e. The van der Waals surface area contributed by atoms with E-state index in [1.807, 2.05) is 20.8 Å². The molecule has 0 aliphatic carbocycles. The molecule has 21 heavy (non-hydrogen) atoms. The second-order valence-electron chi connectivity index (χ2n) is 7.22. The molecule has 2 N–H and O–H groups in total. The standard InChI is InChI=1S/C15H27N3O3/c1-15(2,3)12(13(19)20)16-14(21)18-9-8-17-7-5-4-6-11(17)10-18/h11-12H,4-10H2,1-3H3,(H,16,21)(H,19,20)/t11?,12-/m1/s1. The Kier molecular flexibility index (Phi) is 4.76. The fraction of sp³-hybridized carbons (Fsp3) is 0.867. The maximum Gasteiger partial charge on any atom is 0.326 e. The van der Waals surface area contributed by atoms with E-state index in [1.54, 1.807) is 4.90 Å². The average Bonchev–Trinajstić information content (AvgIpc) is 2.42. The van der Waals surface area contributed by atoms with Gasteiger partial charge in [0.1, 0.15) is 6.04 Å². The lowest BCUT2D eigenvalue weighted by atomic mass is 9.87. The Bertz CT molecular complexity index is 405. The van der Waals surface area contributed by atoms with Crippen LogP contribution in [-0.2, 0) is 4.79 Å². The summed E-state index contributed by atoms with van der Waals surface area (Å²) in [5.41, 5.74) is -0.506. The molecular weight excluding hydrogens is 270 g/mol. The number of amides is 2. The van der Waals surface area contributed by atoms with Gasteiger partial charge in [-0.3, -0.25) is 4.90 Å². The topological polar surface area (TPSA) is 72.9 Å². The maximum atomic E-state index is 12.4. The zero-order chi connectivity index (χ0) is 15.6. The van der Waals surface area contributed by atoms with Crippen molar-refractivity contribution in [3.63, 3.8) is 0 Å². The van der Waals surface area contributed by atoms with Crippen LogP contribution >= 0.6 is 0 Å². The van der Waals surface area contributed by atoms with Gasteiger partial charge in [0, 0.05) is 25.7 Å². The summed E-state index contributed by atoms with van der Waals surface area (Å²) in [5, 5.41) is 12.0. The van der Waals surface area contributed by atoms with Crippen LogP contribution in [0.3, 0.4) is 0 Å². The number of hydrogen-bond acceptors (Lipinski definition) is 3. The highest BCUT2D eigenvalue weighted by Crippen LogP contribution is 2.22. The van der Waals surface area contributed by atoms with Gasteiger partial charge in [-0.15, -0.1) is 0 Å². The molecule has 2 saturated heterocycles. The van der Waals surface area contributed by atoms with Gasteiger partial charge < -0.3 is 15.3 Å². The molecule has 2 heterocycles. The fourth-order valence-corrected chi connectivity index (χ4v) is 3.20. The molecule has 2 atom stereocenters. The number of carboxylic acid groups (broad SMARTS) is 1. The van der Waals surface area contributed by atoms with Gasteiger partial charge in [-0.2, -0.15) is 0 Å². The Morgan fingerprint density at radius 3 is 2.52 bits per heavy atom. The molecule has 0 aromatic heterocycles. The summed E-state index contributed by atoms with van der Waals surface area (Å²) in [5.74, 6) is -0.979. The zero-order valence-electron chi connectivity index (χ0n) is 13.3. The van der Waals surface area contributed by atoms with Gasteiger partial charge in [0.15, 0.2) is 0 Å². The molecule has 0 bridgehead atoms. The first-order chi connectivity index (χ1) is 9.79. The predicted molar refractivity (Wildman–Crippen MR) is 80.2 cm³/mol. The second kappa shape index (κ2) is 6.22. The number of aliphatic carboxylic acids is 1. The largest absolute Gasteiger partial charge is 0.480 e. The summed E-state index contributed by atoms with van der Waals surface area (Å²) < 4.78 is 0. The van der Waals surface area contributed by atoms with E-state index in [-0.39, 0.29) is 6.03 Å². The van der Waals surface area contributed by atoms with Crippen molar-refractivity contribution in [3.8, 4) is 0 Å². The summed E-state index contributed by atoms with van der Waals surface area (Å²) in [6.45, 7) is 8.88. The normalized spacial score (nSPS) is 25.1. The molecular formula is C15H27N3O3. The van der Waals surface area contributed by atoms with Crippen molar-refractivity contribution in [3.05, 3.63) is 0 Å². The number of carboxylic acids is 1. The summed E-state index contributed by atoms with van der Waals surface area (Å²) in [4.78, 5) is 27.9. The van der Waals surface area contributed by atoms with Gasteiger partial charge in [-0.25, -0.2) is 9.59 Å². The number of nitrogens with one attached hydrogen (secondary N) is 1. The van der Waals surface area contributed by atoms with E-state index in [1.165, 1.54) is 12.8 Å². The summed E-state index contributed by atoms with van der Waals surface area (Å²) in [6.07, 6.45) is 3.59. The van der Waals surface area contributed by atoms with E-state index < -0.39 is 17.4 Å². The molecule has 0 saturated carbocycles. The molecule has 0 aromatic rings. The van der Waals surface area contributed by atoms with Crippen LogP contribution < -0.4 is 5.32 Å². The average molecular weight is 297 g/mol. The fourth-order valence-electron chi connectivity index (χ4n) is 3.20. The Morgan fingerprint density at radius 1 is 1.19 bits per heavy atom. The van der Waals surface area contributed by atoms with E-state index in [2.05, 4.69) is 10.2 Å². The van der Waals surface area contributed by atoms with Crippen molar-refractivity contribution in [2.75, 3.05) is 26.2 Å². The summed E-state index contributed by atoms with van der Waals surface area (Å²) in [7, 11) is 0. The first-order valence-electron chi connectivity index (χ1n) is 7.81. The third-order valence-corrected chi connectivity index (χ3v) is 4.51. The highest BCUT2D eigenvalue weighted by molar-refractivity contribution is 5.83. The highest BCUT2D eigenvalue weighted by atomic mass is 16.4. The van der Waals surface area contributed by atoms with Crippen molar-refractivity contribution in [2.45, 2.75) is 52.1 Å². The summed E-state index contributed by atoms with van der Waals surface area (Å²) in [6, 6.07) is -0.673. The maximum absolute atomic E-state index is 12.4. The van der Waals surface area contributed by atoms with Gasteiger partial charge in [0.25, 0.3) is 0 Å². The molecule has 0 radical (unpaired) electrons. The number of urea groups is 1. The Hall–Kier alpha value is -1.30. The van der Waals surface area contributed by atoms with Crippen LogP contribution in [0.2, 0.25) is 0 Å². The van der Waals surface area contributed by atoms with Crippen LogP contribution in [0.25, 0.3) is 0 Å². The molecule has 120 valence electrons. The number of hydrogen-bond donors (Lipinski definition) is 2. The van der Waals surface area contributed by atoms with E-state index in [0.29, 0.717) is 19.1 Å². The number of nitrogens with zero attached hydrogens (tertiary/aromatic N) is 2. The number of piperidine rings is 1. The molecule has 1 unspecified atom stereocenters. The minimum absolute atomic E-state index is 0.248. The van der Waals surface area contributed by atoms with E-state index in [9.17, 15) is 14.7 Å². The van der Waals surface area contributed by atoms with Crippen LogP contribution in [0, 0.1) is 5.41 Å². The third kappa shape index (κ3) is 3.87. The molecule has 0 aromatic carbocycles. The number of piperazine rings is 1. The number of fused-ring (bicyclic) bond motifs is 1. The van der Waals surface area contributed by atoms with Crippen molar-refractivity contribution in [1.29, 1.82) is 0 Å². The van der Waals surface area contributed by atoms with Gasteiger partial charge in [-0.1, -0.05) is 27.2 Å². The molecule has 2 aliphatic heterocycles. The van der Waals surface area contributed by atoms with Gasteiger partial charge in [0.05, 0.1) is 0 Å². The number of carbonyl (C=O) groups excluding carboxylic acids is 1. The minimum atomic E-state index is -0.979. The first kappa shape index (κ1) is 16.1. The van der Waals surface area contributed by atoms with E-state index in [0.717, 1.165) is 19.5 Å². The molecule has 2 fully saturated rings. The third-order valence-electron chi connectivity index (χ3n) is 4.51. The van der Waals surface area contributed by atoms with Gasteiger partial charge in [0.2, 0.25) is 0 Å². The minimum Gasteiger partial charge on any atom is -0.480 e. The molecule has 6 heteroatoms. The second-order valence-corrected chi connectivity index (χ2v) is 7.22. The van der Waals surface area contributed by atoms with E-state index >= 15 is 0 Å². The Balaban J connectivity index is 1.95. The highest BCUT2D eigenvalue weighted by Gasteiger charge is 2.36. The van der Waals surface area contributed by atoms with Crippen molar-refractivity contribution in [1.82, 2.24) is 15.1 Å². The molecule has 2 aliphatic rings. The lowest BCUT2D eigenvalue weighted by molar-refractivity contribution is -0.142. The zero-order valence-corrected chi connectivity index (χ0v) is 13.3. The lowest BCUT2D eigenvalue weighted by Crippen LogP contribution is -2.60. The quantitative estimate of drug-likeness (QED) is 0.807. The van der Waals surface area contributed by atoms with Crippen LogP contribution in [-0.4, -0.2) is 65.2 Å². The molecule has 6 nitrogen and oxygen atoms in total. The van der Waals surface area contributed by atoms with Crippen molar-refractivity contribution >= 4 is 12.0 Å². The number of rotatable bonds is 2. The van der Waals surface area contributed by atoms with Gasteiger partial charge >= 0.3 is 12.0 Å². The van der Waals surface area contributed by atoms with Crippen molar-refractivity contribution in [2.24, 2.45) is 5.41 Å².